The molecular formula is C22H18IrN6-4. The normalized spacial score (nSPS) is 19.0. The topological polar surface area (TPSA) is 78.8 Å². The summed E-state index contributed by atoms with van der Waals surface area (Å²) in [6, 6.07) is 21.1. The minimum Gasteiger partial charge on any atom is -0.514 e. The van der Waals surface area contributed by atoms with Crippen LogP contribution in [-0.2, 0) is 20.1 Å². The average molecular weight is 559 g/mol. The quantitative estimate of drug-likeness (QED) is 0.531. The van der Waals surface area contributed by atoms with E-state index in [1.54, 1.807) is 36.9 Å². The van der Waals surface area contributed by atoms with Crippen LogP contribution in [0.25, 0.3) is 0 Å². The molecule has 0 amide bonds. The zero-order valence-corrected chi connectivity index (χ0v) is 18.3. The Morgan fingerprint density at radius 3 is 1.48 bits per heavy atom. The molecule has 2 aliphatic rings. The third-order valence-corrected chi connectivity index (χ3v) is 4.14. The van der Waals surface area contributed by atoms with E-state index in [2.05, 4.69) is 34.3 Å². The maximum atomic E-state index is 8.62. The van der Waals surface area contributed by atoms with Gasteiger partial charge in [-0.25, -0.2) is 23.6 Å². The fourth-order valence-corrected chi connectivity index (χ4v) is 2.66. The number of nitriles is 2. The molecule has 2 unspecified atom stereocenters. The van der Waals surface area contributed by atoms with Gasteiger partial charge in [-0.3, -0.25) is 0 Å². The van der Waals surface area contributed by atoms with Gasteiger partial charge >= 0.3 is 0 Å². The van der Waals surface area contributed by atoms with Crippen LogP contribution in [0, 0.1) is 47.9 Å². The molecule has 0 fully saturated rings. The van der Waals surface area contributed by atoms with Crippen molar-refractivity contribution >= 4 is 12.7 Å². The molecular weight excluding hydrogens is 541 g/mol. The van der Waals surface area contributed by atoms with E-state index < -0.39 is 0 Å². The molecule has 2 heterocycles. The summed E-state index contributed by atoms with van der Waals surface area (Å²) in [6.45, 7) is 4.00. The number of likely N-dealkylation sites (N-methyl/N-ethyl adjacent to an activating group) is 2. The van der Waals surface area contributed by atoms with E-state index in [-0.39, 0.29) is 32.2 Å². The number of rotatable bonds is 2. The van der Waals surface area contributed by atoms with E-state index >= 15 is 0 Å². The van der Waals surface area contributed by atoms with E-state index in [0.717, 1.165) is 11.1 Å². The van der Waals surface area contributed by atoms with Gasteiger partial charge in [0.25, 0.3) is 0 Å². The molecule has 1 radical (unpaired) electrons. The van der Waals surface area contributed by atoms with Crippen LogP contribution in [0.2, 0.25) is 0 Å². The smallest absolute Gasteiger partial charge is 0.0528 e. The Kier molecular flexibility index (Phi) is 8.09. The number of nitrogens with zero attached hydrogens (tertiary/aromatic N) is 6. The Bertz CT molecular complexity index is 858. The summed E-state index contributed by atoms with van der Waals surface area (Å²) < 4.78 is 0. The minimum absolute atomic E-state index is 0. The Balaban J connectivity index is 0.000000200. The molecule has 29 heavy (non-hydrogen) atoms. The minimum atomic E-state index is 0. The number of hydrogen-bond acceptors (Lipinski definition) is 6. The monoisotopic (exact) mass is 559 g/mol. The molecule has 4 rings (SSSR count). The number of benzene rings is 2. The van der Waals surface area contributed by atoms with Crippen molar-refractivity contribution in [2.45, 2.75) is 12.1 Å². The van der Waals surface area contributed by atoms with Gasteiger partial charge in [0.15, 0.2) is 0 Å². The summed E-state index contributed by atoms with van der Waals surface area (Å²) in [7, 11) is 3.88. The summed E-state index contributed by atoms with van der Waals surface area (Å²) in [6.07, 6.45) is 3.55. The van der Waals surface area contributed by atoms with Gasteiger partial charge in [0.1, 0.15) is 0 Å². The summed E-state index contributed by atoms with van der Waals surface area (Å²) >= 11 is 0. The molecule has 149 valence electrons. The molecule has 0 saturated heterocycles. The van der Waals surface area contributed by atoms with Crippen LogP contribution < -0.4 is 0 Å². The van der Waals surface area contributed by atoms with Crippen LogP contribution in [0.15, 0.2) is 46.4 Å². The Hall–Kier alpha value is -2.99. The van der Waals surface area contributed by atoms with Crippen molar-refractivity contribution in [2.75, 3.05) is 14.1 Å². The van der Waals surface area contributed by atoms with Crippen LogP contribution in [0.1, 0.15) is 34.3 Å². The molecule has 2 aromatic carbocycles. The van der Waals surface area contributed by atoms with Crippen LogP contribution in [0.3, 0.4) is 0 Å². The standard InChI is InChI=1S/2C11H9N3.Ir/c2*1-14-7-11(13-8-14)10-4-2-9(6-12)3-5-10;/h2*2-4,7-8,11H,1H3;/q2*-2;. The second-order valence-corrected chi connectivity index (χ2v) is 6.34. The van der Waals surface area contributed by atoms with Crippen LogP contribution in [0.4, 0.5) is 0 Å². The fraction of sp³-hybridized carbons (Fsp3) is 0.182. The van der Waals surface area contributed by atoms with E-state index in [9.17, 15) is 0 Å². The van der Waals surface area contributed by atoms with Gasteiger partial charge in [-0.2, -0.15) is 59.7 Å². The predicted molar refractivity (Wildman–Crippen MR) is 107 cm³/mol. The van der Waals surface area contributed by atoms with Gasteiger partial charge < -0.3 is 19.8 Å². The molecule has 0 aliphatic carbocycles. The van der Waals surface area contributed by atoms with Gasteiger partial charge in [0, 0.05) is 32.2 Å². The SMILES string of the molecule is CN1C=NC(c2[c-]cc(C#N)cc2)[CH-]1.CN1C=NC(c2[c-]cc(C#N)cc2)[CH-]1.[Ir]. The molecule has 0 aromatic heterocycles. The zero-order valence-electron chi connectivity index (χ0n) is 15.9. The summed E-state index contributed by atoms with van der Waals surface area (Å²) in [5.41, 5.74) is 3.24. The molecule has 0 N–H and O–H groups in total. The maximum Gasteiger partial charge on any atom is 0.0528 e. The molecule has 2 aliphatic heterocycles. The van der Waals surface area contributed by atoms with Crippen molar-refractivity contribution in [3.05, 3.63) is 83.9 Å². The third-order valence-electron chi connectivity index (χ3n) is 4.14. The molecule has 2 atom stereocenters. The van der Waals surface area contributed by atoms with Gasteiger partial charge in [0.05, 0.1) is 12.7 Å². The second-order valence-electron chi connectivity index (χ2n) is 6.34. The van der Waals surface area contributed by atoms with Crippen LogP contribution in [0.5, 0.6) is 0 Å². The fourth-order valence-electron chi connectivity index (χ4n) is 2.66. The summed E-state index contributed by atoms with van der Waals surface area (Å²) in [5.74, 6) is 0. The van der Waals surface area contributed by atoms with E-state index in [4.69, 9.17) is 10.5 Å². The third kappa shape index (κ3) is 5.99. The Labute approximate surface area is 185 Å². The molecule has 0 bridgehead atoms. The zero-order chi connectivity index (χ0) is 19.9. The first-order chi connectivity index (χ1) is 13.6. The summed E-state index contributed by atoms with van der Waals surface area (Å²) in [4.78, 5) is 12.4. The van der Waals surface area contributed by atoms with Gasteiger partial charge in [-0.1, -0.05) is 23.2 Å². The predicted octanol–water partition coefficient (Wildman–Crippen LogP) is 3.07. The average Bonchev–Trinajstić information content (AvgIpc) is 3.37. The van der Waals surface area contributed by atoms with Gasteiger partial charge in [-0.15, -0.1) is 0 Å². The van der Waals surface area contributed by atoms with Crippen molar-refractivity contribution in [3.8, 4) is 12.1 Å². The largest absolute Gasteiger partial charge is 0.514 e. The first kappa shape index (κ1) is 22.3. The second kappa shape index (κ2) is 10.5. The van der Waals surface area contributed by atoms with Gasteiger partial charge in [0.2, 0.25) is 0 Å². The molecule has 0 spiro atoms. The van der Waals surface area contributed by atoms with Crippen molar-refractivity contribution in [1.29, 1.82) is 10.5 Å². The molecule has 7 heteroatoms. The van der Waals surface area contributed by atoms with E-state index in [1.165, 1.54) is 0 Å². The Morgan fingerprint density at radius 1 is 0.828 bits per heavy atom. The molecule has 2 aromatic rings. The van der Waals surface area contributed by atoms with Crippen molar-refractivity contribution in [1.82, 2.24) is 9.80 Å². The van der Waals surface area contributed by atoms with Crippen LogP contribution >= 0.6 is 0 Å². The molecule has 0 saturated carbocycles. The van der Waals surface area contributed by atoms with Crippen molar-refractivity contribution in [3.63, 3.8) is 0 Å². The van der Waals surface area contributed by atoms with E-state index in [1.807, 2.05) is 49.1 Å². The first-order valence-electron chi connectivity index (χ1n) is 8.63. The van der Waals surface area contributed by atoms with Crippen LogP contribution in [-0.4, -0.2) is 36.6 Å². The Morgan fingerprint density at radius 2 is 1.24 bits per heavy atom. The maximum absolute atomic E-state index is 8.62. The van der Waals surface area contributed by atoms with Crippen molar-refractivity contribution < 1.29 is 20.1 Å². The number of hydrogen-bond donors (Lipinski definition) is 0. The van der Waals surface area contributed by atoms with Gasteiger partial charge in [-0.05, 0) is 14.1 Å². The van der Waals surface area contributed by atoms with E-state index in [0.29, 0.717) is 11.1 Å². The molecule has 6 nitrogen and oxygen atoms in total. The summed E-state index contributed by atoms with van der Waals surface area (Å²) in [5, 5.41) is 17.2. The first-order valence-corrected chi connectivity index (χ1v) is 8.63. The number of aliphatic imine (C=N–C) groups is 2. The van der Waals surface area contributed by atoms with Crippen molar-refractivity contribution in [2.24, 2.45) is 9.98 Å².